The minimum absolute atomic E-state index is 0.136. The van der Waals surface area contributed by atoms with Crippen LogP contribution in [0.25, 0.3) is 6.08 Å². The maximum absolute atomic E-state index is 11.8. The van der Waals surface area contributed by atoms with Crippen molar-refractivity contribution in [2.75, 3.05) is 0 Å². The van der Waals surface area contributed by atoms with Gasteiger partial charge in [-0.1, -0.05) is 23.2 Å². The van der Waals surface area contributed by atoms with Gasteiger partial charge in [0.25, 0.3) is 0 Å². The first-order chi connectivity index (χ1) is 8.06. The van der Waals surface area contributed by atoms with Gasteiger partial charge in [0.2, 0.25) is 0 Å². The molecule has 2 aromatic heterocycles. The van der Waals surface area contributed by atoms with E-state index in [2.05, 4.69) is 15.9 Å². The van der Waals surface area contributed by atoms with Gasteiger partial charge >= 0.3 is 0 Å². The lowest BCUT2D eigenvalue weighted by molar-refractivity contribution is 0.104. The van der Waals surface area contributed by atoms with Crippen molar-refractivity contribution < 1.29 is 4.79 Å². The molecule has 0 saturated heterocycles. The van der Waals surface area contributed by atoms with E-state index in [-0.39, 0.29) is 5.78 Å². The number of rotatable bonds is 3. The lowest BCUT2D eigenvalue weighted by Crippen LogP contribution is -1.91. The molecule has 88 valence electrons. The van der Waals surface area contributed by atoms with Crippen LogP contribution >= 0.6 is 61.8 Å². The molecule has 0 atom stereocenters. The molecule has 2 rings (SSSR count). The van der Waals surface area contributed by atoms with Crippen LogP contribution in [0, 0.1) is 0 Å². The Labute approximate surface area is 125 Å². The predicted octanol–water partition coefficient (Wildman–Crippen LogP) is 5.78. The summed E-state index contributed by atoms with van der Waals surface area (Å²) in [6.45, 7) is 0. The van der Waals surface area contributed by atoms with E-state index >= 15 is 0 Å². The molecular weight excluding hydrogens is 363 g/mol. The topological polar surface area (TPSA) is 17.1 Å². The van der Waals surface area contributed by atoms with Gasteiger partial charge in [0, 0.05) is 4.88 Å². The Hall–Kier alpha value is -0.130. The van der Waals surface area contributed by atoms with Crippen molar-refractivity contribution >= 4 is 73.7 Å². The molecule has 0 spiro atoms. The van der Waals surface area contributed by atoms with Gasteiger partial charge in [-0.2, -0.15) is 0 Å². The number of carbonyl (C=O) groups is 1. The predicted molar refractivity (Wildman–Crippen MR) is 79.7 cm³/mol. The standard InChI is InChI=1S/C11H5BrCl2OS2/c12-9-4-2-6(16-9)1-3-8(15)7-5-10(13)17-11(7)14/h1-5H/b3-1+. The minimum Gasteiger partial charge on any atom is -0.289 e. The normalized spacial score (nSPS) is 11.2. The number of allylic oxidation sites excluding steroid dienone is 1. The quantitative estimate of drug-likeness (QED) is 0.496. The summed E-state index contributed by atoms with van der Waals surface area (Å²) in [5.41, 5.74) is 0.452. The molecule has 6 heteroatoms. The minimum atomic E-state index is -0.136. The van der Waals surface area contributed by atoms with Crippen molar-refractivity contribution in [3.63, 3.8) is 0 Å². The highest BCUT2D eigenvalue weighted by Crippen LogP contribution is 2.31. The van der Waals surface area contributed by atoms with Crippen LogP contribution in [0.4, 0.5) is 0 Å². The highest BCUT2D eigenvalue weighted by molar-refractivity contribution is 9.11. The molecule has 0 saturated carbocycles. The Morgan fingerprint density at radius 3 is 2.59 bits per heavy atom. The van der Waals surface area contributed by atoms with Gasteiger partial charge < -0.3 is 0 Å². The Bertz CT molecular complexity index is 586. The van der Waals surface area contributed by atoms with Crippen molar-refractivity contribution in [1.82, 2.24) is 0 Å². The van der Waals surface area contributed by atoms with E-state index in [1.807, 2.05) is 12.1 Å². The Balaban J connectivity index is 2.17. The monoisotopic (exact) mass is 366 g/mol. The third-order valence-electron chi connectivity index (χ3n) is 1.92. The maximum atomic E-state index is 11.8. The van der Waals surface area contributed by atoms with Gasteiger partial charge in [-0.3, -0.25) is 4.79 Å². The summed E-state index contributed by atoms with van der Waals surface area (Å²) in [6.07, 6.45) is 3.27. The van der Waals surface area contributed by atoms with E-state index in [0.29, 0.717) is 14.2 Å². The molecule has 2 heterocycles. The van der Waals surface area contributed by atoms with E-state index in [4.69, 9.17) is 23.2 Å². The van der Waals surface area contributed by atoms with Gasteiger partial charge in [-0.05, 0) is 46.3 Å². The van der Waals surface area contributed by atoms with Crippen LogP contribution in [-0.2, 0) is 0 Å². The molecule has 0 unspecified atom stereocenters. The summed E-state index contributed by atoms with van der Waals surface area (Å²) < 4.78 is 1.98. The fraction of sp³-hybridized carbons (Fsp3) is 0. The van der Waals surface area contributed by atoms with Crippen molar-refractivity contribution in [3.05, 3.63) is 47.2 Å². The molecule has 0 N–H and O–H groups in total. The molecule has 17 heavy (non-hydrogen) atoms. The Morgan fingerprint density at radius 2 is 2.06 bits per heavy atom. The summed E-state index contributed by atoms with van der Waals surface area (Å²) in [5.74, 6) is -0.136. The van der Waals surface area contributed by atoms with Gasteiger partial charge in [-0.15, -0.1) is 22.7 Å². The average Bonchev–Trinajstić information content (AvgIpc) is 2.81. The van der Waals surface area contributed by atoms with Gasteiger partial charge in [0.1, 0.15) is 4.34 Å². The van der Waals surface area contributed by atoms with Gasteiger partial charge in [0.15, 0.2) is 5.78 Å². The largest absolute Gasteiger partial charge is 0.289 e. The SMILES string of the molecule is O=C(/C=C/c1ccc(Br)s1)c1cc(Cl)sc1Cl. The fourth-order valence-corrected chi connectivity index (χ4v) is 3.97. The van der Waals surface area contributed by atoms with Crippen molar-refractivity contribution in [3.8, 4) is 0 Å². The second-order valence-corrected chi connectivity index (χ2v) is 7.86. The first-order valence-corrected chi connectivity index (χ1v) is 7.67. The zero-order valence-electron chi connectivity index (χ0n) is 8.25. The third-order valence-corrected chi connectivity index (χ3v) is 4.99. The summed E-state index contributed by atoms with van der Waals surface area (Å²) in [4.78, 5) is 12.8. The first kappa shape index (κ1) is 13.3. The van der Waals surface area contributed by atoms with Crippen LogP contribution in [0.5, 0.6) is 0 Å². The van der Waals surface area contributed by atoms with E-state index in [0.717, 1.165) is 8.66 Å². The third kappa shape index (κ3) is 3.42. The second kappa shape index (κ2) is 5.67. The molecular formula is C11H5BrCl2OS2. The zero-order chi connectivity index (χ0) is 12.4. The highest BCUT2D eigenvalue weighted by atomic mass is 79.9. The zero-order valence-corrected chi connectivity index (χ0v) is 13.0. The number of hydrogen-bond acceptors (Lipinski definition) is 3. The Kier molecular flexibility index (Phi) is 4.44. The summed E-state index contributed by atoms with van der Waals surface area (Å²) in [7, 11) is 0. The van der Waals surface area contributed by atoms with E-state index in [9.17, 15) is 4.79 Å². The van der Waals surface area contributed by atoms with Crippen LogP contribution in [0.15, 0.2) is 28.1 Å². The summed E-state index contributed by atoms with van der Waals surface area (Å²) in [5, 5.41) is 0. The van der Waals surface area contributed by atoms with Gasteiger partial charge in [-0.25, -0.2) is 0 Å². The van der Waals surface area contributed by atoms with Crippen LogP contribution < -0.4 is 0 Å². The van der Waals surface area contributed by atoms with Crippen LogP contribution in [-0.4, -0.2) is 5.78 Å². The molecule has 0 amide bonds. The van der Waals surface area contributed by atoms with E-state index < -0.39 is 0 Å². The molecule has 0 aromatic carbocycles. The van der Waals surface area contributed by atoms with Crippen LogP contribution in [0.1, 0.15) is 15.2 Å². The molecule has 0 aliphatic rings. The lowest BCUT2D eigenvalue weighted by atomic mass is 10.2. The molecule has 0 aliphatic carbocycles. The smallest absolute Gasteiger partial charge is 0.188 e. The fourth-order valence-electron chi connectivity index (χ4n) is 1.17. The van der Waals surface area contributed by atoms with Crippen molar-refractivity contribution in [2.24, 2.45) is 0 Å². The summed E-state index contributed by atoms with van der Waals surface area (Å²) in [6, 6.07) is 5.45. The highest BCUT2D eigenvalue weighted by Gasteiger charge is 2.11. The van der Waals surface area contributed by atoms with Crippen LogP contribution in [0.2, 0.25) is 8.67 Å². The Morgan fingerprint density at radius 1 is 1.29 bits per heavy atom. The van der Waals surface area contributed by atoms with Crippen LogP contribution in [0.3, 0.4) is 0 Å². The lowest BCUT2D eigenvalue weighted by Gasteiger charge is -1.90. The molecule has 0 bridgehead atoms. The van der Waals surface area contributed by atoms with Crippen molar-refractivity contribution in [2.45, 2.75) is 0 Å². The number of carbonyl (C=O) groups excluding carboxylic acids is 1. The van der Waals surface area contributed by atoms with E-state index in [1.54, 1.807) is 23.5 Å². The molecule has 0 aliphatic heterocycles. The average molecular weight is 368 g/mol. The number of ketones is 1. The maximum Gasteiger partial charge on any atom is 0.188 e. The molecule has 2 aromatic rings. The second-order valence-electron chi connectivity index (χ2n) is 3.08. The molecule has 1 nitrogen and oxygen atoms in total. The molecule has 0 radical (unpaired) electrons. The number of hydrogen-bond donors (Lipinski definition) is 0. The van der Waals surface area contributed by atoms with E-state index in [1.165, 1.54) is 17.4 Å². The molecule has 0 fully saturated rings. The number of halogens is 3. The number of thiophene rings is 2. The summed E-state index contributed by atoms with van der Waals surface area (Å²) >= 11 is 17.8. The van der Waals surface area contributed by atoms with Crippen molar-refractivity contribution in [1.29, 1.82) is 0 Å². The van der Waals surface area contributed by atoms with Gasteiger partial charge in [0.05, 0.1) is 13.7 Å². The first-order valence-electron chi connectivity index (χ1n) is 4.49.